The highest BCUT2D eigenvalue weighted by atomic mass is 32.2. The maximum Gasteiger partial charge on any atom is 0.212 e. The molecule has 0 radical (unpaired) electrons. The number of rotatable bonds is 8. The number of nitrogens with one attached hydrogen (secondary N) is 2. The lowest BCUT2D eigenvalue weighted by molar-refractivity contribution is 0.0568. The van der Waals surface area contributed by atoms with Crippen LogP contribution in [0, 0.1) is 5.92 Å². The Bertz CT molecular complexity index is 287. The molecule has 17 heavy (non-hydrogen) atoms. The van der Waals surface area contributed by atoms with Crippen molar-refractivity contribution in [3.05, 3.63) is 0 Å². The summed E-state index contributed by atoms with van der Waals surface area (Å²) in [7, 11) is -3.13. The second-order valence-electron chi connectivity index (χ2n) is 4.50. The molecule has 1 unspecified atom stereocenters. The van der Waals surface area contributed by atoms with E-state index in [4.69, 9.17) is 4.74 Å². The Labute approximate surface area is 104 Å². The minimum atomic E-state index is -3.13. The smallest absolute Gasteiger partial charge is 0.212 e. The van der Waals surface area contributed by atoms with Crippen LogP contribution < -0.4 is 10.0 Å². The van der Waals surface area contributed by atoms with E-state index in [-0.39, 0.29) is 5.75 Å². The molecule has 0 aromatic rings. The summed E-state index contributed by atoms with van der Waals surface area (Å²) in [4.78, 5) is 0. The van der Waals surface area contributed by atoms with Gasteiger partial charge in [-0.2, -0.15) is 0 Å². The van der Waals surface area contributed by atoms with Gasteiger partial charge in [0.1, 0.15) is 0 Å². The highest BCUT2D eigenvalue weighted by Gasteiger charge is 2.17. The van der Waals surface area contributed by atoms with Crippen LogP contribution in [0.15, 0.2) is 0 Å². The molecule has 5 nitrogen and oxygen atoms in total. The molecule has 1 rings (SSSR count). The van der Waals surface area contributed by atoms with Crippen molar-refractivity contribution in [1.29, 1.82) is 0 Å². The molecule has 0 aromatic carbocycles. The molecule has 1 aliphatic rings. The van der Waals surface area contributed by atoms with Crippen molar-refractivity contribution in [3.8, 4) is 0 Å². The summed E-state index contributed by atoms with van der Waals surface area (Å²) in [6, 6.07) is 0. The van der Waals surface area contributed by atoms with Gasteiger partial charge in [0.05, 0.1) is 12.4 Å². The van der Waals surface area contributed by atoms with Crippen LogP contribution >= 0.6 is 0 Å². The van der Waals surface area contributed by atoms with Crippen molar-refractivity contribution < 1.29 is 13.2 Å². The molecule has 1 aliphatic heterocycles. The molecule has 0 aliphatic carbocycles. The SMILES string of the molecule is CCCNCCS(=O)(=O)NCC1CCCOC1. The van der Waals surface area contributed by atoms with Crippen LogP contribution in [0.3, 0.4) is 0 Å². The van der Waals surface area contributed by atoms with E-state index in [2.05, 4.69) is 17.0 Å². The molecule has 2 N–H and O–H groups in total. The normalized spacial score (nSPS) is 21.6. The van der Waals surface area contributed by atoms with Gasteiger partial charge in [-0.25, -0.2) is 13.1 Å². The van der Waals surface area contributed by atoms with Gasteiger partial charge in [-0.05, 0) is 31.7 Å². The van der Waals surface area contributed by atoms with Gasteiger partial charge in [0.2, 0.25) is 10.0 Å². The highest BCUT2D eigenvalue weighted by molar-refractivity contribution is 7.89. The number of sulfonamides is 1. The maximum absolute atomic E-state index is 11.6. The summed E-state index contributed by atoms with van der Waals surface area (Å²) in [6.45, 7) is 5.44. The molecule has 6 heteroatoms. The Hall–Kier alpha value is -0.170. The lowest BCUT2D eigenvalue weighted by atomic mass is 10.0. The Morgan fingerprint density at radius 2 is 2.18 bits per heavy atom. The average Bonchev–Trinajstić information content (AvgIpc) is 2.34. The molecule has 0 amide bonds. The monoisotopic (exact) mass is 264 g/mol. The van der Waals surface area contributed by atoms with Crippen LogP contribution in [-0.4, -0.2) is 47.0 Å². The van der Waals surface area contributed by atoms with Crippen molar-refractivity contribution in [1.82, 2.24) is 10.0 Å². The molecular formula is C11H24N2O3S. The molecule has 102 valence electrons. The third kappa shape index (κ3) is 6.98. The first-order chi connectivity index (χ1) is 8.14. The molecule has 1 atom stereocenters. The number of hydrogen-bond donors (Lipinski definition) is 2. The molecule has 0 saturated carbocycles. The second kappa shape index (κ2) is 8.02. The summed E-state index contributed by atoms with van der Waals surface area (Å²) in [5, 5.41) is 3.09. The zero-order chi connectivity index (χ0) is 12.6. The largest absolute Gasteiger partial charge is 0.381 e. The predicted molar refractivity (Wildman–Crippen MR) is 68.5 cm³/mol. The molecule has 1 saturated heterocycles. The van der Waals surface area contributed by atoms with Gasteiger partial charge in [0.15, 0.2) is 0 Å². The van der Waals surface area contributed by atoms with Crippen LogP contribution in [0.4, 0.5) is 0 Å². The van der Waals surface area contributed by atoms with Gasteiger partial charge < -0.3 is 10.1 Å². The zero-order valence-corrected chi connectivity index (χ0v) is 11.4. The van der Waals surface area contributed by atoms with Gasteiger partial charge in [0.25, 0.3) is 0 Å². The van der Waals surface area contributed by atoms with Gasteiger partial charge in [-0.1, -0.05) is 6.92 Å². The van der Waals surface area contributed by atoms with E-state index in [9.17, 15) is 8.42 Å². The van der Waals surface area contributed by atoms with Gasteiger partial charge in [-0.15, -0.1) is 0 Å². The van der Waals surface area contributed by atoms with Crippen molar-refractivity contribution in [2.75, 3.05) is 38.6 Å². The molecule has 0 bridgehead atoms. The van der Waals surface area contributed by atoms with E-state index in [0.29, 0.717) is 25.6 Å². The van der Waals surface area contributed by atoms with E-state index < -0.39 is 10.0 Å². The molecule has 0 spiro atoms. The first-order valence-corrected chi connectivity index (χ1v) is 8.05. The Morgan fingerprint density at radius 3 is 2.82 bits per heavy atom. The predicted octanol–water partition coefficient (Wildman–Crippen LogP) is 0.332. The zero-order valence-electron chi connectivity index (χ0n) is 10.6. The maximum atomic E-state index is 11.6. The minimum Gasteiger partial charge on any atom is -0.381 e. The molecule has 0 aromatic heterocycles. The summed E-state index contributed by atoms with van der Waals surface area (Å²) in [5.74, 6) is 0.489. The summed E-state index contributed by atoms with van der Waals surface area (Å²) in [6.07, 6.45) is 3.11. The Kier molecular flexibility index (Phi) is 7.03. The quantitative estimate of drug-likeness (QED) is 0.620. The van der Waals surface area contributed by atoms with Crippen molar-refractivity contribution in [3.63, 3.8) is 0 Å². The van der Waals surface area contributed by atoms with Crippen LogP contribution in [0.2, 0.25) is 0 Å². The third-order valence-electron chi connectivity index (χ3n) is 2.82. The van der Waals surface area contributed by atoms with Crippen LogP contribution in [0.5, 0.6) is 0 Å². The van der Waals surface area contributed by atoms with E-state index in [1.165, 1.54) is 0 Å². The van der Waals surface area contributed by atoms with Crippen molar-refractivity contribution >= 4 is 10.0 Å². The highest BCUT2D eigenvalue weighted by Crippen LogP contribution is 2.12. The lowest BCUT2D eigenvalue weighted by Crippen LogP contribution is -2.37. The molecule has 1 heterocycles. The Morgan fingerprint density at radius 1 is 1.35 bits per heavy atom. The fourth-order valence-electron chi connectivity index (χ4n) is 1.79. The van der Waals surface area contributed by atoms with Crippen LogP contribution in [0.1, 0.15) is 26.2 Å². The van der Waals surface area contributed by atoms with Gasteiger partial charge >= 0.3 is 0 Å². The topological polar surface area (TPSA) is 67.4 Å². The van der Waals surface area contributed by atoms with E-state index in [1.54, 1.807) is 0 Å². The first-order valence-electron chi connectivity index (χ1n) is 6.40. The summed E-state index contributed by atoms with van der Waals surface area (Å²) >= 11 is 0. The number of hydrogen-bond acceptors (Lipinski definition) is 4. The average molecular weight is 264 g/mol. The van der Waals surface area contributed by atoms with Crippen molar-refractivity contribution in [2.24, 2.45) is 5.92 Å². The van der Waals surface area contributed by atoms with E-state index in [0.717, 1.165) is 32.4 Å². The standard InChI is InChI=1S/C11H24N2O3S/c1-2-5-12-6-8-17(14,15)13-9-11-4-3-7-16-10-11/h11-13H,2-10H2,1H3. The number of ether oxygens (including phenoxy) is 1. The van der Waals surface area contributed by atoms with E-state index >= 15 is 0 Å². The molecular weight excluding hydrogens is 240 g/mol. The van der Waals surface area contributed by atoms with Gasteiger partial charge in [0, 0.05) is 19.7 Å². The van der Waals surface area contributed by atoms with Crippen LogP contribution in [-0.2, 0) is 14.8 Å². The fourth-order valence-corrected chi connectivity index (χ4v) is 2.84. The molecule has 1 fully saturated rings. The summed E-state index contributed by atoms with van der Waals surface area (Å²) < 4.78 is 31.3. The van der Waals surface area contributed by atoms with Gasteiger partial charge in [-0.3, -0.25) is 0 Å². The Balaban J connectivity index is 2.14. The fraction of sp³-hybridized carbons (Fsp3) is 1.00. The lowest BCUT2D eigenvalue weighted by Gasteiger charge is -2.22. The minimum absolute atomic E-state index is 0.153. The second-order valence-corrected chi connectivity index (χ2v) is 6.43. The summed E-state index contributed by atoms with van der Waals surface area (Å²) in [5.41, 5.74) is 0. The van der Waals surface area contributed by atoms with E-state index in [1.807, 2.05) is 0 Å². The van der Waals surface area contributed by atoms with Crippen molar-refractivity contribution in [2.45, 2.75) is 26.2 Å². The van der Waals surface area contributed by atoms with Crippen LogP contribution in [0.25, 0.3) is 0 Å². The third-order valence-corrected chi connectivity index (χ3v) is 4.17. The first kappa shape index (κ1) is 14.9.